The second kappa shape index (κ2) is 5.51. The molecular formula is C12H15N3S2. The average Bonchev–Trinajstić information content (AvgIpc) is 2.77. The van der Waals surface area contributed by atoms with Gasteiger partial charge in [0.2, 0.25) is 5.13 Å². The molecule has 0 atom stereocenters. The van der Waals surface area contributed by atoms with Gasteiger partial charge >= 0.3 is 0 Å². The van der Waals surface area contributed by atoms with Crippen molar-refractivity contribution < 1.29 is 0 Å². The van der Waals surface area contributed by atoms with Gasteiger partial charge in [0.05, 0.1) is 0 Å². The molecule has 0 radical (unpaired) electrons. The maximum Gasteiger partial charge on any atom is 0.210 e. The highest BCUT2D eigenvalue weighted by Crippen LogP contribution is 2.26. The van der Waals surface area contributed by atoms with Gasteiger partial charge in [0.25, 0.3) is 0 Å². The van der Waals surface area contributed by atoms with Crippen molar-refractivity contribution in [2.75, 3.05) is 11.6 Å². The Morgan fingerprint density at radius 1 is 1.18 bits per heavy atom. The molecule has 1 aromatic carbocycles. The van der Waals surface area contributed by atoms with E-state index in [1.54, 1.807) is 23.1 Å². The van der Waals surface area contributed by atoms with E-state index >= 15 is 0 Å². The Kier molecular flexibility index (Phi) is 4.02. The summed E-state index contributed by atoms with van der Waals surface area (Å²) < 4.78 is 0.978. The summed E-state index contributed by atoms with van der Waals surface area (Å²) in [6, 6.07) is 8.44. The zero-order valence-electron chi connectivity index (χ0n) is 10.1. The van der Waals surface area contributed by atoms with Crippen LogP contribution in [0, 0.1) is 0 Å². The summed E-state index contributed by atoms with van der Waals surface area (Å²) >= 11 is 3.18. The van der Waals surface area contributed by atoms with E-state index in [1.165, 1.54) is 5.56 Å². The van der Waals surface area contributed by atoms with Gasteiger partial charge in [-0.2, -0.15) is 0 Å². The topological polar surface area (TPSA) is 37.8 Å². The van der Waals surface area contributed by atoms with Gasteiger partial charge in [0.15, 0.2) is 4.34 Å². The molecule has 0 unspecified atom stereocenters. The summed E-state index contributed by atoms with van der Waals surface area (Å²) in [6.07, 6.45) is 2.00. The van der Waals surface area contributed by atoms with Crippen LogP contribution in [-0.2, 0) is 0 Å². The Labute approximate surface area is 110 Å². The third-order valence-electron chi connectivity index (χ3n) is 2.41. The predicted octanol–water partition coefficient (Wildman–Crippen LogP) is 4.13. The number of nitrogens with zero attached hydrogens (tertiary/aromatic N) is 2. The number of hydrogen-bond acceptors (Lipinski definition) is 5. The fraction of sp³-hybridized carbons (Fsp3) is 0.333. The lowest BCUT2D eigenvalue weighted by molar-refractivity contribution is 0.867. The SMILES string of the molecule is CSc1nnc(Nc2ccc(C(C)C)cc2)s1. The van der Waals surface area contributed by atoms with E-state index in [4.69, 9.17) is 0 Å². The molecule has 0 amide bonds. The minimum absolute atomic E-state index is 0.564. The molecule has 0 aliphatic carbocycles. The van der Waals surface area contributed by atoms with Crippen molar-refractivity contribution in [3.63, 3.8) is 0 Å². The van der Waals surface area contributed by atoms with Crippen LogP contribution in [0.15, 0.2) is 28.6 Å². The van der Waals surface area contributed by atoms with E-state index in [0.717, 1.165) is 15.2 Å². The standard InChI is InChI=1S/C12H15N3S2/c1-8(2)9-4-6-10(7-5-9)13-11-14-15-12(16-3)17-11/h4-8H,1-3H3,(H,13,14). The van der Waals surface area contributed by atoms with Crippen LogP contribution in [0.3, 0.4) is 0 Å². The number of nitrogens with one attached hydrogen (secondary N) is 1. The zero-order valence-corrected chi connectivity index (χ0v) is 11.7. The Hall–Kier alpha value is -1.07. The number of rotatable bonds is 4. The van der Waals surface area contributed by atoms with Crippen LogP contribution in [0.2, 0.25) is 0 Å². The smallest absolute Gasteiger partial charge is 0.210 e. The van der Waals surface area contributed by atoms with Crippen LogP contribution in [0.4, 0.5) is 10.8 Å². The third-order valence-corrected chi connectivity index (χ3v) is 4.22. The second-order valence-electron chi connectivity index (χ2n) is 3.98. The molecule has 1 heterocycles. The molecule has 0 saturated heterocycles. The summed E-state index contributed by atoms with van der Waals surface area (Å²) in [4.78, 5) is 0. The lowest BCUT2D eigenvalue weighted by Crippen LogP contribution is -1.91. The van der Waals surface area contributed by atoms with Crippen LogP contribution >= 0.6 is 23.1 Å². The largest absolute Gasteiger partial charge is 0.330 e. The predicted molar refractivity (Wildman–Crippen MR) is 75.5 cm³/mol. The first kappa shape index (κ1) is 12.4. The van der Waals surface area contributed by atoms with E-state index in [9.17, 15) is 0 Å². The van der Waals surface area contributed by atoms with E-state index in [2.05, 4.69) is 53.6 Å². The Morgan fingerprint density at radius 3 is 2.41 bits per heavy atom. The summed E-state index contributed by atoms with van der Waals surface area (Å²) in [5, 5.41) is 12.2. The Balaban J connectivity index is 2.08. The van der Waals surface area contributed by atoms with Gasteiger partial charge < -0.3 is 5.32 Å². The molecule has 0 spiro atoms. The van der Waals surface area contributed by atoms with Crippen molar-refractivity contribution in [1.82, 2.24) is 10.2 Å². The van der Waals surface area contributed by atoms with Crippen LogP contribution in [0.25, 0.3) is 0 Å². The van der Waals surface area contributed by atoms with Crippen molar-refractivity contribution in [2.24, 2.45) is 0 Å². The molecule has 0 aliphatic heterocycles. The molecule has 2 aromatic rings. The second-order valence-corrected chi connectivity index (χ2v) is 6.01. The molecular weight excluding hydrogens is 250 g/mol. The molecule has 0 fully saturated rings. The van der Waals surface area contributed by atoms with Crippen molar-refractivity contribution in [2.45, 2.75) is 24.1 Å². The molecule has 0 bridgehead atoms. The van der Waals surface area contributed by atoms with Gasteiger partial charge in [-0.1, -0.05) is 49.1 Å². The highest BCUT2D eigenvalue weighted by molar-refractivity contribution is 8.00. The van der Waals surface area contributed by atoms with Crippen molar-refractivity contribution in [1.29, 1.82) is 0 Å². The fourth-order valence-electron chi connectivity index (χ4n) is 1.42. The van der Waals surface area contributed by atoms with Crippen molar-refractivity contribution in [3.8, 4) is 0 Å². The number of hydrogen-bond donors (Lipinski definition) is 1. The zero-order chi connectivity index (χ0) is 12.3. The number of aromatic nitrogens is 2. The Bertz CT molecular complexity index is 477. The van der Waals surface area contributed by atoms with E-state index in [0.29, 0.717) is 5.92 Å². The quantitative estimate of drug-likeness (QED) is 0.844. The maximum atomic E-state index is 4.08. The monoisotopic (exact) mass is 265 g/mol. The molecule has 0 aliphatic rings. The first-order valence-corrected chi connectivity index (χ1v) is 7.47. The molecule has 2 rings (SSSR count). The van der Waals surface area contributed by atoms with Crippen LogP contribution in [-0.4, -0.2) is 16.5 Å². The highest BCUT2D eigenvalue weighted by atomic mass is 32.2. The maximum absolute atomic E-state index is 4.08. The van der Waals surface area contributed by atoms with Crippen molar-refractivity contribution in [3.05, 3.63) is 29.8 Å². The third kappa shape index (κ3) is 3.20. The summed E-state index contributed by atoms with van der Waals surface area (Å²) in [6.45, 7) is 4.38. The normalized spacial score (nSPS) is 10.8. The molecule has 1 N–H and O–H groups in total. The van der Waals surface area contributed by atoms with E-state index in [1.807, 2.05) is 6.26 Å². The van der Waals surface area contributed by atoms with E-state index in [-0.39, 0.29) is 0 Å². The minimum Gasteiger partial charge on any atom is -0.330 e. The highest BCUT2D eigenvalue weighted by Gasteiger charge is 2.03. The van der Waals surface area contributed by atoms with Crippen LogP contribution in [0.1, 0.15) is 25.3 Å². The van der Waals surface area contributed by atoms with Crippen LogP contribution < -0.4 is 5.32 Å². The first-order valence-electron chi connectivity index (χ1n) is 5.43. The average molecular weight is 265 g/mol. The van der Waals surface area contributed by atoms with Gasteiger partial charge in [-0.3, -0.25) is 0 Å². The number of benzene rings is 1. The van der Waals surface area contributed by atoms with Gasteiger partial charge in [-0.05, 0) is 29.9 Å². The van der Waals surface area contributed by atoms with Gasteiger partial charge in [-0.25, -0.2) is 0 Å². The molecule has 17 heavy (non-hydrogen) atoms. The summed E-state index contributed by atoms with van der Waals surface area (Å²) in [5.41, 5.74) is 2.40. The molecule has 3 nitrogen and oxygen atoms in total. The van der Waals surface area contributed by atoms with Crippen molar-refractivity contribution >= 4 is 33.9 Å². The van der Waals surface area contributed by atoms with Crippen LogP contribution in [0.5, 0.6) is 0 Å². The van der Waals surface area contributed by atoms with Gasteiger partial charge in [0, 0.05) is 5.69 Å². The molecule has 5 heteroatoms. The summed E-state index contributed by atoms with van der Waals surface area (Å²) in [7, 11) is 0. The molecule has 0 saturated carbocycles. The fourth-order valence-corrected chi connectivity index (χ4v) is 2.61. The van der Waals surface area contributed by atoms with Gasteiger partial charge in [0.1, 0.15) is 0 Å². The lowest BCUT2D eigenvalue weighted by Gasteiger charge is -2.06. The number of thioether (sulfide) groups is 1. The molecule has 1 aromatic heterocycles. The minimum atomic E-state index is 0.564. The van der Waals surface area contributed by atoms with Gasteiger partial charge in [-0.15, -0.1) is 10.2 Å². The first-order chi connectivity index (χ1) is 8.19. The lowest BCUT2D eigenvalue weighted by atomic mass is 10.0. The summed E-state index contributed by atoms with van der Waals surface area (Å²) in [5.74, 6) is 0.564. The Morgan fingerprint density at radius 2 is 1.88 bits per heavy atom. The van der Waals surface area contributed by atoms with E-state index < -0.39 is 0 Å². The number of anilines is 2. The molecule has 90 valence electrons.